The highest BCUT2D eigenvalue weighted by atomic mass is 35.5. The van der Waals surface area contributed by atoms with Crippen molar-refractivity contribution in [1.82, 2.24) is 5.32 Å². The molecule has 88 valence electrons. The largest absolute Gasteiger partial charge is 0.507 e. The molecule has 1 aromatic carbocycles. The van der Waals surface area contributed by atoms with Crippen molar-refractivity contribution in [3.8, 4) is 5.75 Å². The van der Waals surface area contributed by atoms with E-state index in [1.54, 1.807) is 12.1 Å². The number of hydrogen-bond donors (Lipinski definition) is 2. The normalized spacial score (nSPS) is 11.6. The Bertz CT molecular complexity index is 395. The highest BCUT2D eigenvalue weighted by Crippen LogP contribution is 2.30. The van der Waals surface area contributed by atoms with Crippen molar-refractivity contribution in [2.45, 2.75) is 9.29 Å². The number of alkyl halides is 4. The van der Waals surface area contributed by atoms with Crippen molar-refractivity contribution in [3.05, 3.63) is 29.8 Å². The van der Waals surface area contributed by atoms with Gasteiger partial charge in [-0.05, 0) is 12.1 Å². The first-order valence-corrected chi connectivity index (χ1v) is 5.74. The maximum atomic E-state index is 11.6. The van der Waals surface area contributed by atoms with Crippen molar-refractivity contribution in [1.29, 1.82) is 0 Å². The van der Waals surface area contributed by atoms with Gasteiger partial charge in [0.1, 0.15) is 5.75 Å². The predicted molar refractivity (Wildman–Crippen MR) is 65.5 cm³/mol. The summed E-state index contributed by atoms with van der Waals surface area (Å²) in [6, 6.07) is 5.92. The molecule has 0 aliphatic heterocycles. The van der Waals surface area contributed by atoms with Crippen LogP contribution in [0.2, 0.25) is 0 Å². The number of benzene rings is 1. The second-order valence-electron chi connectivity index (χ2n) is 2.89. The molecule has 7 heteroatoms. The molecule has 1 rings (SSSR count). The summed E-state index contributed by atoms with van der Waals surface area (Å²) >= 11 is 22.2. The number of halogens is 4. The molecule has 0 saturated heterocycles. The maximum absolute atomic E-state index is 11.6. The zero-order valence-electron chi connectivity index (χ0n) is 7.75. The van der Waals surface area contributed by atoms with Gasteiger partial charge in [0.15, 0.2) is 4.84 Å². The van der Waals surface area contributed by atoms with Gasteiger partial charge in [0, 0.05) is 0 Å². The third kappa shape index (κ3) is 3.32. The van der Waals surface area contributed by atoms with Crippen LogP contribution in [-0.4, -0.2) is 20.3 Å². The van der Waals surface area contributed by atoms with Crippen LogP contribution in [0.1, 0.15) is 10.4 Å². The summed E-state index contributed by atoms with van der Waals surface area (Å²) in [4.78, 5) is 10.4. The van der Waals surface area contributed by atoms with Crippen LogP contribution in [0.25, 0.3) is 0 Å². The first-order valence-electron chi connectivity index (χ1n) is 4.11. The number of rotatable bonds is 3. The molecule has 0 radical (unpaired) electrons. The molecule has 0 fully saturated rings. The van der Waals surface area contributed by atoms with E-state index >= 15 is 0 Å². The van der Waals surface area contributed by atoms with Crippen molar-refractivity contribution in [2.24, 2.45) is 0 Å². The van der Waals surface area contributed by atoms with Crippen molar-refractivity contribution >= 4 is 52.3 Å². The molecule has 1 aromatic rings. The Labute approximate surface area is 112 Å². The smallest absolute Gasteiger partial charge is 0.257 e. The lowest BCUT2D eigenvalue weighted by atomic mass is 10.2. The minimum absolute atomic E-state index is 0.0298. The van der Waals surface area contributed by atoms with Crippen LogP contribution in [0, 0.1) is 0 Å². The molecule has 1 amide bonds. The molecule has 0 atom stereocenters. The van der Waals surface area contributed by atoms with E-state index in [1.165, 1.54) is 12.1 Å². The average Bonchev–Trinajstić information content (AvgIpc) is 2.17. The van der Waals surface area contributed by atoms with Gasteiger partial charge in [-0.15, -0.1) is 0 Å². The Kier molecular flexibility index (Phi) is 4.56. The van der Waals surface area contributed by atoms with Gasteiger partial charge >= 0.3 is 0 Å². The topological polar surface area (TPSA) is 49.3 Å². The zero-order valence-corrected chi connectivity index (χ0v) is 10.8. The number of phenols is 1. The van der Waals surface area contributed by atoms with E-state index in [1.807, 2.05) is 0 Å². The quantitative estimate of drug-likeness (QED) is 0.666. The maximum Gasteiger partial charge on any atom is 0.257 e. The molecule has 0 heterocycles. The Hall–Kier alpha value is -0.350. The monoisotopic (exact) mass is 301 g/mol. The van der Waals surface area contributed by atoms with E-state index in [0.717, 1.165) is 0 Å². The summed E-state index contributed by atoms with van der Waals surface area (Å²) in [7, 11) is 0. The fourth-order valence-electron chi connectivity index (χ4n) is 0.939. The van der Waals surface area contributed by atoms with E-state index in [-0.39, 0.29) is 11.3 Å². The van der Waals surface area contributed by atoms with Gasteiger partial charge in [0.05, 0.1) is 5.56 Å². The molecule has 0 aliphatic carbocycles. The highest BCUT2D eigenvalue weighted by Gasteiger charge is 2.34. The van der Waals surface area contributed by atoms with Crippen molar-refractivity contribution in [2.75, 3.05) is 0 Å². The number of aromatic hydroxyl groups is 1. The highest BCUT2D eigenvalue weighted by molar-refractivity contribution is 6.60. The van der Waals surface area contributed by atoms with E-state index in [0.29, 0.717) is 0 Å². The van der Waals surface area contributed by atoms with Gasteiger partial charge < -0.3 is 10.4 Å². The Balaban J connectivity index is 2.85. The summed E-state index contributed by atoms with van der Waals surface area (Å²) in [5.74, 6) is -0.862. The summed E-state index contributed by atoms with van der Waals surface area (Å²) in [5, 5.41) is 11.6. The van der Waals surface area contributed by atoms with Crippen LogP contribution in [-0.2, 0) is 0 Å². The second kappa shape index (κ2) is 5.32. The van der Waals surface area contributed by atoms with Gasteiger partial charge in [-0.2, -0.15) is 0 Å². The molecular formula is C9H7Cl4NO2. The standard InChI is InChI=1S/C9H7Cl4NO2/c10-8(11)9(12,13)14-7(16)5-3-1-2-4-6(5)15/h1-4,8,15H,(H,14,16). The summed E-state index contributed by atoms with van der Waals surface area (Å²) in [6.45, 7) is 0. The molecule has 0 aliphatic rings. The van der Waals surface area contributed by atoms with Gasteiger partial charge in [-0.25, -0.2) is 0 Å². The van der Waals surface area contributed by atoms with Gasteiger partial charge in [-0.3, -0.25) is 4.79 Å². The SMILES string of the molecule is O=C(NC(Cl)(Cl)C(Cl)Cl)c1ccccc1O. The Morgan fingerprint density at radius 2 is 1.88 bits per heavy atom. The van der Waals surface area contributed by atoms with Crippen molar-refractivity contribution in [3.63, 3.8) is 0 Å². The Morgan fingerprint density at radius 1 is 1.31 bits per heavy atom. The molecule has 2 N–H and O–H groups in total. The minimum Gasteiger partial charge on any atom is -0.507 e. The number of para-hydroxylation sites is 1. The van der Waals surface area contributed by atoms with Gasteiger partial charge in [0.25, 0.3) is 5.91 Å². The predicted octanol–water partition coefficient (Wildman–Crippen LogP) is 3.06. The van der Waals surface area contributed by atoms with E-state index in [9.17, 15) is 9.90 Å². The van der Waals surface area contributed by atoms with Crippen LogP contribution in [0.5, 0.6) is 5.75 Å². The molecule has 0 aromatic heterocycles. The van der Waals surface area contributed by atoms with Crippen molar-refractivity contribution < 1.29 is 9.90 Å². The molecule has 16 heavy (non-hydrogen) atoms. The number of nitrogens with one attached hydrogen (secondary N) is 1. The summed E-state index contributed by atoms with van der Waals surface area (Å²) in [6.07, 6.45) is 0. The fourth-order valence-corrected chi connectivity index (χ4v) is 1.22. The molecular weight excluding hydrogens is 296 g/mol. The van der Waals surface area contributed by atoms with E-state index < -0.39 is 15.2 Å². The Morgan fingerprint density at radius 3 is 2.38 bits per heavy atom. The third-order valence-electron chi connectivity index (χ3n) is 1.70. The lowest BCUT2D eigenvalue weighted by Crippen LogP contribution is -2.43. The van der Waals surface area contributed by atoms with Gasteiger partial charge in [0.2, 0.25) is 4.46 Å². The number of carbonyl (C=O) groups excluding carboxylic acids is 1. The van der Waals surface area contributed by atoms with E-state index in [4.69, 9.17) is 46.4 Å². The van der Waals surface area contributed by atoms with Crippen LogP contribution < -0.4 is 5.32 Å². The lowest BCUT2D eigenvalue weighted by Gasteiger charge is -2.22. The van der Waals surface area contributed by atoms with Gasteiger partial charge in [-0.1, -0.05) is 58.5 Å². The first kappa shape index (κ1) is 13.7. The number of phenolic OH excluding ortho intramolecular Hbond substituents is 1. The second-order valence-corrected chi connectivity index (χ2v) is 5.38. The summed E-state index contributed by atoms with van der Waals surface area (Å²) < 4.78 is -1.82. The molecule has 0 unspecified atom stereocenters. The summed E-state index contributed by atoms with van der Waals surface area (Å²) in [5.41, 5.74) is 0.0298. The molecule has 0 spiro atoms. The number of hydrogen-bond acceptors (Lipinski definition) is 2. The minimum atomic E-state index is -1.82. The van der Waals surface area contributed by atoms with Crippen LogP contribution in [0.3, 0.4) is 0 Å². The fraction of sp³-hybridized carbons (Fsp3) is 0.222. The third-order valence-corrected chi connectivity index (χ3v) is 3.43. The molecule has 0 saturated carbocycles. The first-order chi connectivity index (χ1) is 7.34. The lowest BCUT2D eigenvalue weighted by molar-refractivity contribution is 0.0942. The van der Waals surface area contributed by atoms with Crippen LogP contribution in [0.15, 0.2) is 24.3 Å². The zero-order chi connectivity index (χ0) is 12.3. The number of carbonyl (C=O) groups is 1. The van der Waals surface area contributed by atoms with Crippen LogP contribution in [0.4, 0.5) is 0 Å². The average molecular weight is 303 g/mol. The number of amides is 1. The molecule has 3 nitrogen and oxygen atoms in total. The molecule has 0 bridgehead atoms. The van der Waals surface area contributed by atoms with E-state index in [2.05, 4.69) is 5.32 Å². The van der Waals surface area contributed by atoms with Crippen LogP contribution >= 0.6 is 46.4 Å².